The second kappa shape index (κ2) is 6.42. The molecule has 0 aliphatic heterocycles. The monoisotopic (exact) mass is 392 g/mol. The molecule has 10 heteroatoms. The van der Waals surface area contributed by atoms with Crippen molar-refractivity contribution in [1.29, 1.82) is 0 Å². The van der Waals surface area contributed by atoms with E-state index in [1.807, 2.05) is 13.8 Å². The predicted molar refractivity (Wildman–Crippen MR) is 101 cm³/mol. The standard InChI is InChI=1S/C19H12N4O6/c1-19(2,9-3-11(20-7-24)15-13(5-9)28-17(26)22-15)10-4-12(21-8-25)16-14(6-10)29-18(27)23-16/h3-6H,1-2H3,(H,22,26)(H,23,27). The van der Waals surface area contributed by atoms with Gasteiger partial charge in [0.1, 0.15) is 22.4 Å². The summed E-state index contributed by atoms with van der Waals surface area (Å²) in [6.45, 7) is 3.71. The summed E-state index contributed by atoms with van der Waals surface area (Å²) in [4.78, 5) is 57.0. The third-order valence-corrected chi connectivity index (χ3v) is 4.80. The number of nitrogens with one attached hydrogen (secondary N) is 2. The first-order valence-electron chi connectivity index (χ1n) is 8.34. The summed E-state index contributed by atoms with van der Waals surface area (Å²) in [7, 11) is 0. The Morgan fingerprint density at radius 1 is 0.793 bits per heavy atom. The van der Waals surface area contributed by atoms with Crippen molar-refractivity contribution in [3.8, 4) is 0 Å². The van der Waals surface area contributed by atoms with Crippen LogP contribution in [0.5, 0.6) is 0 Å². The number of rotatable bonds is 4. The minimum absolute atomic E-state index is 0.187. The Morgan fingerprint density at radius 2 is 1.21 bits per heavy atom. The fraction of sp³-hybridized carbons (Fsp3) is 0.158. The van der Waals surface area contributed by atoms with Crippen molar-refractivity contribution in [2.75, 3.05) is 0 Å². The maximum absolute atomic E-state index is 11.6. The Labute approximate surface area is 160 Å². The molecule has 0 bridgehead atoms. The molecule has 2 aromatic heterocycles. The number of H-pyrrole nitrogens is 2. The molecule has 0 radical (unpaired) electrons. The number of aliphatic imine (C=N–C) groups is 2. The first kappa shape index (κ1) is 18.1. The lowest BCUT2D eigenvalue weighted by atomic mass is 9.77. The molecule has 0 amide bonds. The van der Waals surface area contributed by atoms with Gasteiger partial charge in [-0.25, -0.2) is 19.2 Å². The maximum atomic E-state index is 11.6. The van der Waals surface area contributed by atoms with Gasteiger partial charge in [-0.1, -0.05) is 13.8 Å². The van der Waals surface area contributed by atoms with Gasteiger partial charge in [0.25, 0.3) is 0 Å². The molecule has 10 nitrogen and oxygen atoms in total. The smallest absolute Gasteiger partial charge is 0.408 e. The summed E-state index contributed by atoms with van der Waals surface area (Å²) in [5, 5.41) is 0. The summed E-state index contributed by atoms with van der Waals surface area (Å²) < 4.78 is 10.3. The highest BCUT2D eigenvalue weighted by Gasteiger charge is 2.27. The van der Waals surface area contributed by atoms with Crippen molar-refractivity contribution in [2.45, 2.75) is 19.3 Å². The van der Waals surface area contributed by atoms with Crippen molar-refractivity contribution in [2.24, 2.45) is 9.98 Å². The Bertz CT molecular complexity index is 1370. The number of aromatic nitrogens is 2. The molecule has 0 fully saturated rings. The number of isocyanates is 2. The number of aromatic amines is 2. The molecule has 0 unspecified atom stereocenters. The number of oxazole rings is 2. The molecule has 0 spiro atoms. The van der Waals surface area contributed by atoms with Crippen LogP contribution in [0, 0.1) is 0 Å². The zero-order valence-corrected chi connectivity index (χ0v) is 15.2. The maximum Gasteiger partial charge on any atom is 0.417 e. The van der Waals surface area contributed by atoms with Gasteiger partial charge in [0.05, 0.1) is 0 Å². The van der Waals surface area contributed by atoms with E-state index in [-0.39, 0.29) is 33.6 Å². The highest BCUT2D eigenvalue weighted by Crippen LogP contribution is 2.39. The van der Waals surface area contributed by atoms with Crippen LogP contribution in [0.4, 0.5) is 11.4 Å². The molecule has 2 aromatic carbocycles. The van der Waals surface area contributed by atoms with Gasteiger partial charge in [-0.2, -0.15) is 9.98 Å². The third-order valence-electron chi connectivity index (χ3n) is 4.80. The van der Waals surface area contributed by atoms with E-state index >= 15 is 0 Å². The molecule has 2 heterocycles. The van der Waals surface area contributed by atoms with Crippen molar-refractivity contribution in [3.63, 3.8) is 0 Å². The number of hydrogen-bond donors (Lipinski definition) is 2. The van der Waals surface area contributed by atoms with Gasteiger partial charge in [0.15, 0.2) is 11.2 Å². The van der Waals surface area contributed by atoms with E-state index in [4.69, 9.17) is 8.83 Å². The van der Waals surface area contributed by atoms with E-state index < -0.39 is 16.9 Å². The lowest BCUT2D eigenvalue weighted by Gasteiger charge is -2.26. The van der Waals surface area contributed by atoms with Gasteiger partial charge >= 0.3 is 11.5 Å². The van der Waals surface area contributed by atoms with E-state index in [0.29, 0.717) is 11.1 Å². The Morgan fingerprint density at radius 3 is 1.59 bits per heavy atom. The average molecular weight is 392 g/mol. The molecule has 4 rings (SSSR count). The molecule has 0 aliphatic carbocycles. The normalized spacial score (nSPS) is 11.4. The van der Waals surface area contributed by atoms with Crippen LogP contribution in [0.2, 0.25) is 0 Å². The van der Waals surface area contributed by atoms with Crippen molar-refractivity contribution < 1.29 is 18.4 Å². The summed E-state index contributed by atoms with van der Waals surface area (Å²) in [5.41, 5.74) is 1.88. The van der Waals surface area contributed by atoms with E-state index in [1.54, 1.807) is 24.3 Å². The second-order valence-corrected chi connectivity index (χ2v) is 6.80. The second-order valence-electron chi connectivity index (χ2n) is 6.80. The molecule has 0 saturated carbocycles. The third kappa shape index (κ3) is 2.94. The van der Waals surface area contributed by atoms with Crippen LogP contribution in [0.25, 0.3) is 22.2 Å². The molecule has 2 N–H and O–H groups in total. The van der Waals surface area contributed by atoms with Gasteiger partial charge < -0.3 is 8.83 Å². The van der Waals surface area contributed by atoms with Gasteiger partial charge in [0, 0.05) is 5.41 Å². The average Bonchev–Trinajstić information content (AvgIpc) is 3.23. The molecular formula is C19H12N4O6. The van der Waals surface area contributed by atoms with Gasteiger partial charge in [-0.05, 0) is 35.4 Å². The summed E-state index contributed by atoms with van der Waals surface area (Å²) >= 11 is 0. The van der Waals surface area contributed by atoms with Gasteiger partial charge in [-0.15, -0.1) is 0 Å². The topological polar surface area (TPSA) is 151 Å². The van der Waals surface area contributed by atoms with Crippen LogP contribution in [-0.4, -0.2) is 22.1 Å². The van der Waals surface area contributed by atoms with E-state index in [2.05, 4.69) is 20.0 Å². The quantitative estimate of drug-likeness (QED) is 0.402. The van der Waals surface area contributed by atoms with E-state index in [1.165, 1.54) is 12.2 Å². The number of fused-ring (bicyclic) bond motifs is 2. The lowest BCUT2D eigenvalue weighted by Crippen LogP contribution is -2.18. The number of benzene rings is 2. The lowest BCUT2D eigenvalue weighted by molar-refractivity contribution is 0.551. The Hall–Kier alpha value is -4.26. The highest BCUT2D eigenvalue weighted by molar-refractivity contribution is 5.89. The van der Waals surface area contributed by atoms with Crippen LogP contribution >= 0.6 is 0 Å². The minimum atomic E-state index is -0.756. The van der Waals surface area contributed by atoms with Crippen LogP contribution in [0.15, 0.2) is 52.7 Å². The Balaban J connectivity index is 2.00. The summed E-state index contributed by atoms with van der Waals surface area (Å²) in [6, 6.07) is 6.49. The summed E-state index contributed by atoms with van der Waals surface area (Å²) in [6.07, 6.45) is 2.91. The minimum Gasteiger partial charge on any atom is -0.408 e. The van der Waals surface area contributed by atoms with E-state index in [9.17, 15) is 19.2 Å². The van der Waals surface area contributed by atoms with Crippen molar-refractivity contribution in [1.82, 2.24) is 9.97 Å². The van der Waals surface area contributed by atoms with Crippen LogP contribution in [-0.2, 0) is 15.0 Å². The van der Waals surface area contributed by atoms with Crippen molar-refractivity contribution >= 4 is 45.7 Å². The first-order valence-corrected chi connectivity index (χ1v) is 8.34. The fourth-order valence-electron chi connectivity index (χ4n) is 3.23. The predicted octanol–water partition coefficient (Wildman–Crippen LogP) is 2.82. The van der Waals surface area contributed by atoms with E-state index in [0.717, 1.165) is 0 Å². The van der Waals surface area contributed by atoms with Crippen LogP contribution < -0.4 is 11.5 Å². The number of carbonyl (C=O) groups excluding carboxylic acids is 2. The number of nitrogens with zero attached hydrogens (tertiary/aromatic N) is 2. The first-order chi connectivity index (χ1) is 13.8. The summed E-state index contributed by atoms with van der Waals surface area (Å²) in [5.74, 6) is -1.37. The van der Waals surface area contributed by atoms with Crippen LogP contribution in [0.1, 0.15) is 25.0 Å². The molecule has 144 valence electrons. The fourth-order valence-corrected chi connectivity index (χ4v) is 3.23. The number of hydrogen-bond acceptors (Lipinski definition) is 8. The van der Waals surface area contributed by atoms with Gasteiger partial charge in [-0.3, -0.25) is 9.97 Å². The van der Waals surface area contributed by atoms with Crippen LogP contribution in [0.3, 0.4) is 0 Å². The molecular weight excluding hydrogens is 380 g/mol. The molecule has 0 atom stereocenters. The molecule has 4 aromatic rings. The van der Waals surface area contributed by atoms with Gasteiger partial charge in [0.2, 0.25) is 12.2 Å². The SMILES string of the molecule is CC(C)(c1cc(N=C=O)c2[nH]c(=O)oc2c1)c1cc(N=C=O)c2[nH]c(=O)oc2c1. The molecule has 29 heavy (non-hydrogen) atoms. The van der Waals surface area contributed by atoms with Crippen molar-refractivity contribution in [3.05, 3.63) is 56.5 Å². The largest absolute Gasteiger partial charge is 0.417 e. The zero-order chi connectivity index (χ0) is 20.8. The highest BCUT2D eigenvalue weighted by atomic mass is 16.4. The molecule has 0 aliphatic rings. The Kier molecular flexibility index (Phi) is 4.01. The zero-order valence-electron chi connectivity index (χ0n) is 15.2. The molecule has 0 saturated heterocycles.